The van der Waals surface area contributed by atoms with Gasteiger partial charge in [-0.05, 0) is 50.7 Å². The summed E-state index contributed by atoms with van der Waals surface area (Å²) in [5.41, 5.74) is 0.196. The quantitative estimate of drug-likeness (QED) is 0.536. The van der Waals surface area contributed by atoms with Gasteiger partial charge in [0.1, 0.15) is 11.2 Å². The van der Waals surface area contributed by atoms with Gasteiger partial charge in [-0.15, -0.1) is 0 Å². The van der Waals surface area contributed by atoms with E-state index in [9.17, 15) is 14.4 Å². The maximum absolute atomic E-state index is 12.3. The van der Waals surface area contributed by atoms with Gasteiger partial charge in [0.25, 0.3) is 0 Å². The second-order valence-electron chi connectivity index (χ2n) is 5.94. The van der Waals surface area contributed by atoms with Crippen molar-refractivity contribution in [2.45, 2.75) is 39.0 Å². The Morgan fingerprint density at radius 3 is 2.79 bits per heavy atom. The van der Waals surface area contributed by atoms with Gasteiger partial charge in [-0.25, -0.2) is 0 Å². The summed E-state index contributed by atoms with van der Waals surface area (Å²) < 4.78 is 0. The topological polar surface area (TPSA) is 51.2 Å². The first-order valence-corrected chi connectivity index (χ1v) is 7.03. The number of hydrogen-bond donors (Lipinski definition) is 0. The summed E-state index contributed by atoms with van der Waals surface area (Å²) in [6.45, 7) is 1.46. The average Bonchev–Trinajstić information content (AvgIpc) is 2.42. The van der Waals surface area contributed by atoms with Gasteiger partial charge < -0.3 is 0 Å². The Morgan fingerprint density at radius 2 is 2.05 bits per heavy atom. The van der Waals surface area contributed by atoms with E-state index in [2.05, 4.69) is 6.08 Å². The molecule has 3 aliphatic rings. The average molecular weight is 258 g/mol. The maximum atomic E-state index is 12.3. The van der Waals surface area contributed by atoms with E-state index >= 15 is 0 Å². The van der Waals surface area contributed by atoms with Crippen LogP contribution in [-0.4, -0.2) is 17.3 Å². The largest absolute Gasteiger partial charge is 0.299 e. The minimum Gasteiger partial charge on any atom is -0.299 e. The molecule has 3 heteroatoms. The molecule has 0 heterocycles. The van der Waals surface area contributed by atoms with E-state index in [1.54, 1.807) is 0 Å². The summed E-state index contributed by atoms with van der Waals surface area (Å²) in [5, 5.41) is 0. The number of hydrogen-bond acceptors (Lipinski definition) is 3. The zero-order chi connectivity index (χ0) is 13.6. The summed E-state index contributed by atoms with van der Waals surface area (Å²) in [6, 6.07) is 0. The molecule has 19 heavy (non-hydrogen) atoms. The molecule has 0 aromatic carbocycles. The van der Waals surface area contributed by atoms with E-state index in [1.807, 2.05) is 0 Å². The number of Topliss-reactive ketones (excluding diaryl/α,β-unsaturated/α-hetero) is 1. The Kier molecular flexibility index (Phi) is 2.80. The lowest BCUT2D eigenvalue weighted by Gasteiger charge is -2.46. The summed E-state index contributed by atoms with van der Waals surface area (Å²) in [7, 11) is 0. The molecule has 0 aromatic rings. The number of carbonyl (C=O) groups excluding carboxylic acids is 3. The van der Waals surface area contributed by atoms with Gasteiger partial charge in [-0.3, -0.25) is 14.4 Å². The van der Waals surface area contributed by atoms with Crippen LogP contribution >= 0.6 is 0 Å². The Morgan fingerprint density at radius 1 is 1.26 bits per heavy atom. The lowest BCUT2D eigenvalue weighted by atomic mass is 9.53. The summed E-state index contributed by atoms with van der Waals surface area (Å²) in [5.74, 6) is -0.700. The highest BCUT2D eigenvalue weighted by atomic mass is 16.2. The predicted molar refractivity (Wildman–Crippen MR) is 70.4 cm³/mol. The molecule has 0 spiro atoms. The van der Waals surface area contributed by atoms with Crippen LogP contribution in [0.1, 0.15) is 39.0 Å². The van der Waals surface area contributed by atoms with E-state index in [1.165, 1.54) is 24.6 Å². The zero-order valence-corrected chi connectivity index (χ0v) is 11.1. The molecule has 0 bridgehead atoms. The number of allylic oxidation sites excluding steroid dienone is 4. The minimum atomic E-state index is -1.10. The van der Waals surface area contributed by atoms with Crippen LogP contribution in [0.3, 0.4) is 0 Å². The van der Waals surface area contributed by atoms with Crippen molar-refractivity contribution < 1.29 is 14.4 Å². The third kappa shape index (κ3) is 1.60. The van der Waals surface area contributed by atoms with Crippen LogP contribution < -0.4 is 0 Å². The van der Waals surface area contributed by atoms with Crippen molar-refractivity contribution in [2.75, 3.05) is 0 Å². The lowest BCUT2D eigenvalue weighted by Crippen LogP contribution is -2.54. The number of rotatable bonds is 1. The summed E-state index contributed by atoms with van der Waals surface area (Å²) in [6.07, 6.45) is 9.34. The molecule has 100 valence electrons. The number of carbonyl (C=O) groups is 3. The molecule has 1 fully saturated rings. The first-order chi connectivity index (χ1) is 9.07. The van der Waals surface area contributed by atoms with Gasteiger partial charge in [-0.2, -0.15) is 0 Å². The van der Waals surface area contributed by atoms with Crippen LogP contribution in [0.25, 0.3) is 0 Å². The van der Waals surface area contributed by atoms with Gasteiger partial charge >= 0.3 is 0 Å². The van der Waals surface area contributed by atoms with Crippen molar-refractivity contribution >= 4 is 17.3 Å². The number of ketones is 3. The van der Waals surface area contributed by atoms with Crippen LogP contribution in [0, 0.1) is 17.3 Å². The highest BCUT2D eigenvalue weighted by Crippen LogP contribution is 2.52. The van der Waals surface area contributed by atoms with Crippen LogP contribution in [0.4, 0.5) is 0 Å². The second kappa shape index (κ2) is 4.26. The molecule has 0 aromatic heterocycles. The van der Waals surface area contributed by atoms with Gasteiger partial charge in [0.15, 0.2) is 11.6 Å². The fourth-order valence-electron chi connectivity index (χ4n) is 4.10. The first-order valence-electron chi connectivity index (χ1n) is 7.03. The number of fused-ring (bicyclic) bond motifs is 3. The van der Waals surface area contributed by atoms with Crippen molar-refractivity contribution in [3.8, 4) is 0 Å². The molecule has 3 rings (SSSR count). The highest BCUT2D eigenvalue weighted by molar-refractivity contribution is 6.19. The minimum absolute atomic E-state index is 0.0349. The molecule has 1 saturated carbocycles. The van der Waals surface area contributed by atoms with Crippen LogP contribution in [-0.2, 0) is 14.4 Å². The third-order valence-corrected chi connectivity index (χ3v) is 5.10. The molecule has 0 amide bonds. The lowest BCUT2D eigenvalue weighted by molar-refractivity contribution is -0.149. The van der Waals surface area contributed by atoms with E-state index in [4.69, 9.17) is 0 Å². The molecule has 3 nitrogen and oxygen atoms in total. The van der Waals surface area contributed by atoms with E-state index in [-0.39, 0.29) is 23.3 Å². The van der Waals surface area contributed by atoms with E-state index in [0.29, 0.717) is 6.42 Å². The Balaban J connectivity index is 2.15. The first kappa shape index (κ1) is 12.5. The smallest absolute Gasteiger partial charge is 0.170 e. The van der Waals surface area contributed by atoms with Crippen molar-refractivity contribution in [3.05, 3.63) is 23.8 Å². The Bertz CT molecular complexity index is 526. The van der Waals surface area contributed by atoms with Crippen LogP contribution in [0.15, 0.2) is 23.8 Å². The normalized spacial score (nSPS) is 37.4. The monoisotopic (exact) mass is 258 g/mol. The van der Waals surface area contributed by atoms with Crippen molar-refractivity contribution in [1.29, 1.82) is 0 Å². The fraction of sp³-hybridized carbons (Fsp3) is 0.562. The van der Waals surface area contributed by atoms with Gasteiger partial charge in [0.05, 0.1) is 0 Å². The summed E-state index contributed by atoms with van der Waals surface area (Å²) in [4.78, 5) is 36.8. The van der Waals surface area contributed by atoms with Crippen LogP contribution in [0.5, 0.6) is 0 Å². The maximum Gasteiger partial charge on any atom is 0.170 e. The van der Waals surface area contributed by atoms with Gasteiger partial charge in [0.2, 0.25) is 0 Å². The fourth-order valence-corrected chi connectivity index (χ4v) is 4.10. The third-order valence-electron chi connectivity index (χ3n) is 5.10. The molecule has 3 aliphatic carbocycles. The Hall–Kier alpha value is -1.51. The molecule has 0 N–H and O–H groups in total. The second-order valence-corrected chi connectivity index (χ2v) is 5.94. The molecule has 3 unspecified atom stereocenters. The zero-order valence-electron chi connectivity index (χ0n) is 11.1. The highest BCUT2D eigenvalue weighted by Gasteiger charge is 2.57. The summed E-state index contributed by atoms with van der Waals surface area (Å²) >= 11 is 0. The predicted octanol–water partition coefficient (Wildman–Crippen LogP) is 2.41. The molecule has 0 radical (unpaired) electrons. The van der Waals surface area contributed by atoms with Crippen LogP contribution in [0.2, 0.25) is 0 Å². The molecular weight excluding hydrogens is 240 g/mol. The van der Waals surface area contributed by atoms with E-state index < -0.39 is 11.3 Å². The van der Waals surface area contributed by atoms with Crippen molar-refractivity contribution in [2.24, 2.45) is 17.3 Å². The van der Waals surface area contributed by atoms with Crippen molar-refractivity contribution in [1.82, 2.24) is 0 Å². The molecule has 3 atom stereocenters. The SMILES string of the molecule is CC(=O)C12CC=C3CCCCC3C1C(=O)C=CC2=O. The molecule has 0 saturated heterocycles. The molecule has 0 aliphatic heterocycles. The van der Waals surface area contributed by atoms with E-state index in [0.717, 1.165) is 25.7 Å². The van der Waals surface area contributed by atoms with Gasteiger partial charge in [0, 0.05) is 5.92 Å². The standard InChI is InChI=1S/C16H18O3/c1-10(17)16-9-8-11-4-2-3-5-12(11)15(16)13(18)6-7-14(16)19/h6-8,12,15H,2-5,9H2,1H3. The van der Waals surface area contributed by atoms with Gasteiger partial charge in [-0.1, -0.05) is 18.1 Å². The molecular formula is C16H18O3. The Labute approximate surface area is 112 Å². The van der Waals surface area contributed by atoms with Crippen molar-refractivity contribution in [3.63, 3.8) is 0 Å².